The number of amides is 1. The van der Waals surface area contributed by atoms with Crippen molar-refractivity contribution in [1.82, 2.24) is 4.90 Å². The van der Waals surface area contributed by atoms with Crippen molar-refractivity contribution >= 4 is 25.8 Å². The van der Waals surface area contributed by atoms with Crippen molar-refractivity contribution in [2.24, 2.45) is 0 Å². The second-order valence-electron chi connectivity index (χ2n) is 6.20. The van der Waals surface area contributed by atoms with Crippen molar-refractivity contribution in [3.05, 3.63) is 0 Å². The molecule has 4 nitrogen and oxygen atoms in total. The molecule has 1 heterocycles. The van der Waals surface area contributed by atoms with E-state index in [1.165, 1.54) is 0 Å². The molecule has 0 aromatic heterocycles. The summed E-state index contributed by atoms with van der Waals surface area (Å²) in [5, 5.41) is 9.46. The summed E-state index contributed by atoms with van der Waals surface area (Å²) in [5.41, 5.74) is -0.613. The number of carbonyl (C=O) groups is 1. The number of likely N-dealkylation sites (tertiary alicyclic amines) is 1. The van der Waals surface area contributed by atoms with Crippen LogP contribution in [0.1, 0.15) is 12.8 Å². The van der Waals surface area contributed by atoms with Gasteiger partial charge in [0.1, 0.15) is 0 Å². The van der Waals surface area contributed by atoms with E-state index in [0.29, 0.717) is 13.2 Å². The van der Waals surface area contributed by atoms with Gasteiger partial charge >= 0.3 is 6.09 Å². The van der Waals surface area contributed by atoms with Crippen LogP contribution >= 0.6 is 11.6 Å². The smallest absolute Gasteiger partial charge is 0.410 e. The van der Waals surface area contributed by atoms with Crippen LogP contribution in [-0.2, 0) is 4.74 Å². The molecule has 0 aromatic rings. The number of alkyl halides is 1. The fourth-order valence-corrected chi connectivity index (χ4v) is 3.17. The quantitative estimate of drug-likeness (QED) is 0.626. The summed E-state index contributed by atoms with van der Waals surface area (Å²) in [4.78, 5) is 13.6. The Labute approximate surface area is 115 Å². The molecule has 0 aliphatic carbocycles. The summed E-state index contributed by atoms with van der Waals surface area (Å²) in [7, 11) is -1.19. The number of aliphatic hydroxyl groups is 1. The fourth-order valence-electron chi connectivity index (χ4n) is 2.09. The maximum atomic E-state index is 12.0. The Morgan fingerprint density at radius 3 is 2.67 bits per heavy atom. The van der Waals surface area contributed by atoms with E-state index in [9.17, 15) is 9.90 Å². The molecule has 0 aromatic carbocycles. The third kappa shape index (κ3) is 3.86. The van der Waals surface area contributed by atoms with Crippen LogP contribution in [0.2, 0.25) is 25.7 Å². The maximum Gasteiger partial charge on any atom is 0.410 e. The fraction of sp³-hybridized carbons (Fsp3) is 0.917. The van der Waals surface area contributed by atoms with Crippen molar-refractivity contribution < 1.29 is 14.6 Å². The molecule has 1 aliphatic heterocycles. The van der Waals surface area contributed by atoms with Crippen LogP contribution in [0.15, 0.2) is 0 Å². The summed E-state index contributed by atoms with van der Waals surface area (Å²) in [6, 6.07) is 0.958. The highest BCUT2D eigenvalue weighted by molar-refractivity contribution is 6.76. The number of ether oxygens (including phenoxy) is 1. The molecule has 1 saturated heterocycles. The van der Waals surface area contributed by atoms with E-state index in [4.69, 9.17) is 16.3 Å². The highest BCUT2D eigenvalue weighted by atomic mass is 35.5. The summed E-state index contributed by atoms with van der Waals surface area (Å²) in [6.07, 6.45) is 1.28. The number of hydrogen-bond donors (Lipinski definition) is 1. The number of hydrogen-bond acceptors (Lipinski definition) is 3. The maximum absolute atomic E-state index is 12.0. The zero-order chi connectivity index (χ0) is 13.8. The molecule has 1 rings (SSSR count). The molecule has 0 radical (unpaired) electrons. The van der Waals surface area contributed by atoms with Gasteiger partial charge in [-0.05, 0) is 18.9 Å². The van der Waals surface area contributed by atoms with Crippen LogP contribution in [0.25, 0.3) is 0 Å². The van der Waals surface area contributed by atoms with Gasteiger partial charge in [-0.15, -0.1) is 11.6 Å². The average molecular weight is 294 g/mol. The number of carbonyl (C=O) groups excluding carboxylic acids is 1. The molecule has 0 spiro atoms. The number of rotatable bonds is 5. The predicted molar refractivity (Wildman–Crippen MR) is 76.0 cm³/mol. The lowest BCUT2D eigenvalue weighted by Crippen LogP contribution is -2.51. The minimum Gasteiger partial charge on any atom is -0.450 e. The van der Waals surface area contributed by atoms with Gasteiger partial charge in [0.05, 0.1) is 18.8 Å². The van der Waals surface area contributed by atoms with Gasteiger partial charge in [-0.1, -0.05) is 19.6 Å². The summed E-state index contributed by atoms with van der Waals surface area (Å²) in [5.74, 6) is 0.257. The Bertz CT molecular complexity index is 290. The molecule has 0 saturated carbocycles. The molecular weight excluding hydrogens is 270 g/mol. The molecule has 1 atom stereocenters. The van der Waals surface area contributed by atoms with Crippen molar-refractivity contribution in [3.8, 4) is 0 Å². The van der Waals surface area contributed by atoms with Crippen molar-refractivity contribution in [3.63, 3.8) is 0 Å². The van der Waals surface area contributed by atoms with Crippen molar-refractivity contribution in [2.75, 3.05) is 25.6 Å². The van der Waals surface area contributed by atoms with Crippen LogP contribution in [0.5, 0.6) is 0 Å². The largest absolute Gasteiger partial charge is 0.450 e. The van der Waals surface area contributed by atoms with Gasteiger partial charge in [-0.2, -0.15) is 0 Å². The Balaban J connectivity index is 2.51. The van der Waals surface area contributed by atoms with E-state index in [-0.39, 0.29) is 18.6 Å². The van der Waals surface area contributed by atoms with E-state index in [1.54, 1.807) is 4.90 Å². The average Bonchev–Trinajstić information content (AvgIpc) is 2.71. The molecule has 1 aliphatic rings. The summed E-state index contributed by atoms with van der Waals surface area (Å²) < 4.78 is 5.31. The first kappa shape index (κ1) is 15.8. The summed E-state index contributed by atoms with van der Waals surface area (Å²) >= 11 is 5.91. The Morgan fingerprint density at radius 1 is 1.50 bits per heavy atom. The second-order valence-corrected chi connectivity index (χ2v) is 12.1. The van der Waals surface area contributed by atoms with Crippen LogP contribution in [0.3, 0.4) is 0 Å². The van der Waals surface area contributed by atoms with Gasteiger partial charge < -0.3 is 9.84 Å². The molecule has 1 amide bonds. The third-order valence-corrected chi connectivity index (χ3v) is 5.64. The van der Waals surface area contributed by atoms with E-state index >= 15 is 0 Å². The molecule has 106 valence electrons. The Hall–Kier alpha value is -0.263. The van der Waals surface area contributed by atoms with E-state index in [1.807, 2.05) is 0 Å². The normalized spacial score (nSPS) is 24.4. The van der Waals surface area contributed by atoms with Gasteiger partial charge in [-0.25, -0.2) is 4.79 Å². The van der Waals surface area contributed by atoms with Gasteiger partial charge in [-0.3, -0.25) is 4.90 Å². The summed E-state index contributed by atoms with van der Waals surface area (Å²) in [6.45, 7) is 7.72. The molecule has 1 fully saturated rings. The standard InChI is InChI=1S/C12H24ClNO3Si/c1-18(2,3)8-7-17-11(16)14-6-4-5-12(14,9-13)10-15/h15H,4-10H2,1-3H3. The molecule has 1 N–H and O–H groups in total. The van der Waals surface area contributed by atoms with Gasteiger partial charge in [0, 0.05) is 20.5 Å². The van der Waals surface area contributed by atoms with Gasteiger partial charge in [0.25, 0.3) is 0 Å². The van der Waals surface area contributed by atoms with E-state index in [2.05, 4.69) is 19.6 Å². The first-order valence-electron chi connectivity index (χ1n) is 6.46. The highest BCUT2D eigenvalue weighted by Crippen LogP contribution is 2.30. The second kappa shape index (κ2) is 6.26. The topological polar surface area (TPSA) is 49.8 Å². The highest BCUT2D eigenvalue weighted by Gasteiger charge is 2.43. The van der Waals surface area contributed by atoms with Crippen molar-refractivity contribution in [1.29, 1.82) is 0 Å². The molecule has 6 heteroatoms. The lowest BCUT2D eigenvalue weighted by molar-refractivity contribution is 0.0531. The molecule has 0 bridgehead atoms. The lowest BCUT2D eigenvalue weighted by Gasteiger charge is -2.34. The zero-order valence-electron chi connectivity index (χ0n) is 11.5. The molecular formula is C12H24ClNO3Si. The van der Waals surface area contributed by atoms with Crippen LogP contribution in [0.4, 0.5) is 4.79 Å². The number of halogens is 1. The monoisotopic (exact) mass is 293 g/mol. The minimum absolute atomic E-state index is 0.0976. The SMILES string of the molecule is C[Si](C)(C)CCOC(=O)N1CCCC1(CO)CCl. The number of nitrogens with zero attached hydrogens (tertiary/aromatic N) is 1. The molecule has 1 unspecified atom stereocenters. The zero-order valence-corrected chi connectivity index (χ0v) is 13.3. The van der Waals surface area contributed by atoms with Gasteiger partial charge in [0.15, 0.2) is 0 Å². The Kier molecular flexibility index (Phi) is 5.49. The van der Waals surface area contributed by atoms with Gasteiger partial charge in [0.2, 0.25) is 0 Å². The predicted octanol–water partition coefficient (Wildman–Crippen LogP) is 2.53. The number of aliphatic hydroxyl groups excluding tert-OH is 1. The van der Waals surface area contributed by atoms with E-state index in [0.717, 1.165) is 18.9 Å². The van der Waals surface area contributed by atoms with Crippen LogP contribution in [0, 0.1) is 0 Å². The third-order valence-electron chi connectivity index (χ3n) is 3.44. The van der Waals surface area contributed by atoms with E-state index < -0.39 is 13.6 Å². The lowest BCUT2D eigenvalue weighted by atomic mass is 10.0. The first-order valence-corrected chi connectivity index (χ1v) is 10.7. The van der Waals surface area contributed by atoms with Crippen LogP contribution < -0.4 is 0 Å². The van der Waals surface area contributed by atoms with Crippen LogP contribution in [-0.4, -0.2) is 55.4 Å². The minimum atomic E-state index is -1.19. The van der Waals surface area contributed by atoms with Crippen molar-refractivity contribution in [2.45, 2.75) is 44.1 Å². The first-order chi connectivity index (χ1) is 8.34. The molecule has 18 heavy (non-hydrogen) atoms. The Morgan fingerprint density at radius 2 is 2.17 bits per heavy atom.